The molecule has 1 aliphatic rings. The number of nitrogens with zero attached hydrogens (tertiary/aromatic N) is 1. The van der Waals surface area contributed by atoms with Crippen LogP contribution in [-0.2, 0) is 11.0 Å². The van der Waals surface area contributed by atoms with Gasteiger partial charge in [0.2, 0.25) is 5.91 Å². The summed E-state index contributed by atoms with van der Waals surface area (Å²) in [6.07, 6.45) is -3.40. The third kappa shape index (κ3) is 5.27. The molecular weight excluding hydrogens is 405 g/mol. The highest BCUT2D eigenvalue weighted by atomic mass is 19.4. The molecule has 1 saturated heterocycles. The van der Waals surface area contributed by atoms with E-state index in [0.717, 1.165) is 28.9 Å². The second-order valence-corrected chi connectivity index (χ2v) is 8.32. The van der Waals surface area contributed by atoms with Gasteiger partial charge in [0.25, 0.3) is 5.91 Å². The molecule has 31 heavy (non-hydrogen) atoms. The van der Waals surface area contributed by atoms with E-state index in [9.17, 15) is 22.8 Å². The molecule has 1 heterocycles. The minimum Gasteiger partial charge on any atom is -0.339 e. The first-order valence-electron chi connectivity index (χ1n) is 10.4. The van der Waals surface area contributed by atoms with Crippen LogP contribution in [0.25, 0.3) is 0 Å². The van der Waals surface area contributed by atoms with Crippen molar-refractivity contribution in [1.29, 1.82) is 0 Å². The highest BCUT2D eigenvalue weighted by molar-refractivity contribution is 5.96. The van der Waals surface area contributed by atoms with Gasteiger partial charge in [0, 0.05) is 30.3 Å². The summed E-state index contributed by atoms with van der Waals surface area (Å²) in [6, 6.07) is 10.2. The van der Waals surface area contributed by atoms with Crippen molar-refractivity contribution in [1.82, 2.24) is 4.90 Å². The predicted octanol–water partition coefficient (Wildman–Crippen LogP) is 5.63. The average molecular weight is 432 g/mol. The minimum absolute atomic E-state index is 0.0576. The van der Waals surface area contributed by atoms with Gasteiger partial charge in [0.05, 0.1) is 5.56 Å². The maximum atomic E-state index is 12.9. The fourth-order valence-corrected chi connectivity index (χ4v) is 3.90. The molecule has 0 aromatic heterocycles. The van der Waals surface area contributed by atoms with Gasteiger partial charge in [0.15, 0.2) is 0 Å². The highest BCUT2D eigenvalue weighted by Crippen LogP contribution is 2.31. The molecule has 2 amide bonds. The second-order valence-electron chi connectivity index (χ2n) is 8.32. The van der Waals surface area contributed by atoms with Crippen molar-refractivity contribution in [2.45, 2.75) is 45.7 Å². The maximum Gasteiger partial charge on any atom is 0.416 e. The first-order valence-corrected chi connectivity index (χ1v) is 10.4. The zero-order chi connectivity index (χ0) is 22.8. The van der Waals surface area contributed by atoms with Gasteiger partial charge in [-0.05, 0) is 61.1 Å². The van der Waals surface area contributed by atoms with Gasteiger partial charge in [-0.25, -0.2) is 0 Å². The molecule has 0 atom stereocenters. The van der Waals surface area contributed by atoms with Crippen molar-refractivity contribution in [2.24, 2.45) is 5.92 Å². The van der Waals surface area contributed by atoms with Crippen LogP contribution in [0.1, 0.15) is 59.7 Å². The normalized spacial score (nSPS) is 15.3. The third-order valence-corrected chi connectivity index (χ3v) is 5.79. The topological polar surface area (TPSA) is 49.4 Å². The molecule has 2 aromatic carbocycles. The molecule has 0 radical (unpaired) electrons. The Morgan fingerprint density at radius 2 is 1.65 bits per heavy atom. The molecule has 1 N–H and O–H groups in total. The molecule has 0 spiro atoms. The van der Waals surface area contributed by atoms with Crippen molar-refractivity contribution in [3.05, 3.63) is 64.7 Å². The summed E-state index contributed by atoms with van der Waals surface area (Å²) in [4.78, 5) is 27.1. The number of benzene rings is 2. The first kappa shape index (κ1) is 22.8. The molecule has 3 rings (SSSR count). The fraction of sp³-hybridized carbons (Fsp3) is 0.417. The summed E-state index contributed by atoms with van der Waals surface area (Å²) >= 11 is 0. The van der Waals surface area contributed by atoms with E-state index in [-0.39, 0.29) is 29.2 Å². The number of halogens is 3. The molecule has 166 valence electrons. The summed E-state index contributed by atoms with van der Waals surface area (Å²) in [5, 5.41) is 3.08. The minimum atomic E-state index is -4.43. The summed E-state index contributed by atoms with van der Waals surface area (Å²) < 4.78 is 38.1. The van der Waals surface area contributed by atoms with Crippen LogP contribution in [0.5, 0.6) is 0 Å². The van der Waals surface area contributed by atoms with Crippen LogP contribution in [0.4, 0.5) is 18.9 Å². The van der Waals surface area contributed by atoms with Gasteiger partial charge in [0.1, 0.15) is 0 Å². The number of nitrogens with one attached hydrogen (secondary N) is 1. The van der Waals surface area contributed by atoms with E-state index in [1.165, 1.54) is 12.1 Å². The number of para-hydroxylation sites is 1. The number of carbonyl (C=O) groups excluding carboxylic acids is 2. The van der Waals surface area contributed by atoms with Crippen LogP contribution in [-0.4, -0.2) is 29.8 Å². The van der Waals surface area contributed by atoms with E-state index in [4.69, 9.17) is 0 Å². The number of aryl methyl sites for hydroxylation is 1. The Balaban J connectivity index is 1.61. The Morgan fingerprint density at radius 1 is 1.03 bits per heavy atom. The Kier molecular flexibility index (Phi) is 6.72. The van der Waals surface area contributed by atoms with E-state index < -0.39 is 11.7 Å². The number of amides is 2. The quantitative estimate of drug-likeness (QED) is 0.681. The van der Waals surface area contributed by atoms with Crippen LogP contribution in [0.3, 0.4) is 0 Å². The largest absolute Gasteiger partial charge is 0.416 e. The van der Waals surface area contributed by atoms with Gasteiger partial charge in [-0.2, -0.15) is 13.2 Å². The van der Waals surface area contributed by atoms with E-state index in [1.54, 1.807) is 4.90 Å². The van der Waals surface area contributed by atoms with Crippen molar-refractivity contribution < 1.29 is 22.8 Å². The van der Waals surface area contributed by atoms with E-state index in [2.05, 4.69) is 19.2 Å². The molecule has 1 fully saturated rings. The lowest BCUT2D eigenvalue weighted by atomic mass is 9.93. The third-order valence-electron chi connectivity index (χ3n) is 5.79. The number of hydrogen-bond acceptors (Lipinski definition) is 2. The molecule has 0 bridgehead atoms. The number of likely N-dealkylation sites (tertiary alicyclic amines) is 1. The van der Waals surface area contributed by atoms with E-state index in [0.29, 0.717) is 25.9 Å². The lowest BCUT2D eigenvalue weighted by molar-refractivity contribution is -0.137. The molecule has 2 aromatic rings. The standard InChI is InChI=1S/C24H27F3N2O2/c1-15(2)20-6-4-5-16(3)21(20)28-22(30)17-11-13-29(14-12-17)23(31)18-7-9-19(10-8-18)24(25,26)27/h4-10,15,17H,11-14H2,1-3H3,(H,28,30). The van der Waals surface area contributed by atoms with Crippen LogP contribution in [0, 0.1) is 12.8 Å². The second kappa shape index (κ2) is 9.12. The van der Waals surface area contributed by atoms with Crippen LogP contribution < -0.4 is 5.32 Å². The van der Waals surface area contributed by atoms with Crippen molar-refractivity contribution in [2.75, 3.05) is 18.4 Å². The predicted molar refractivity (Wildman–Crippen MR) is 114 cm³/mol. The number of alkyl halides is 3. The lowest BCUT2D eigenvalue weighted by Crippen LogP contribution is -2.41. The molecule has 0 saturated carbocycles. The van der Waals surface area contributed by atoms with Gasteiger partial charge in [-0.3, -0.25) is 9.59 Å². The molecule has 0 unspecified atom stereocenters. The Hall–Kier alpha value is -2.83. The Bertz CT molecular complexity index is 944. The Morgan fingerprint density at radius 3 is 2.19 bits per heavy atom. The maximum absolute atomic E-state index is 12.9. The van der Waals surface area contributed by atoms with Crippen molar-refractivity contribution in [3.63, 3.8) is 0 Å². The van der Waals surface area contributed by atoms with Gasteiger partial charge in [-0.1, -0.05) is 32.0 Å². The molecule has 0 aliphatic carbocycles. The van der Waals surface area contributed by atoms with Gasteiger partial charge in [-0.15, -0.1) is 0 Å². The molecule has 7 heteroatoms. The first-order chi connectivity index (χ1) is 14.6. The van der Waals surface area contributed by atoms with E-state index in [1.807, 2.05) is 25.1 Å². The number of piperidine rings is 1. The highest BCUT2D eigenvalue weighted by Gasteiger charge is 2.31. The fourth-order valence-electron chi connectivity index (χ4n) is 3.90. The monoisotopic (exact) mass is 432 g/mol. The van der Waals surface area contributed by atoms with Crippen molar-refractivity contribution >= 4 is 17.5 Å². The Labute approximate surface area is 180 Å². The van der Waals surface area contributed by atoms with Crippen LogP contribution >= 0.6 is 0 Å². The number of rotatable bonds is 4. The summed E-state index contributed by atoms with van der Waals surface area (Å²) in [5.41, 5.74) is 2.39. The summed E-state index contributed by atoms with van der Waals surface area (Å²) in [7, 11) is 0. The SMILES string of the molecule is Cc1cccc(C(C)C)c1NC(=O)C1CCN(C(=O)c2ccc(C(F)(F)F)cc2)CC1. The number of carbonyl (C=O) groups is 2. The smallest absolute Gasteiger partial charge is 0.339 e. The zero-order valence-electron chi connectivity index (χ0n) is 17.9. The average Bonchev–Trinajstić information content (AvgIpc) is 2.74. The van der Waals surface area contributed by atoms with Gasteiger partial charge >= 0.3 is 6.18 Å². The summed E-state index contributed by atoms with van der Waals surface area (Å²) in [5.74, 6) is -0.305. The van der Waals surface area contributed by atoms with Crippen LogP contribution in [0.2, 0.25) is 0 Å². The lowest BCUT2D eigenvalue weighted by Gasteiger charge is -2.32. The zero-order valence-corrected chi connectivity index (χ0v) is 17.9. The number of anilines is 1. The van der Waals surface area contributed by atoms with Gasteiger partial charge < -0.3 is 10.2 Å². The molecule has 4 nitrogen and oxygen atoms in total. The van der Waals surface area contributed by atoms with Crippen LogP contribution in [0.15, 0.2) is 42.5 Å². The summed E-state index contributed by atoms with van der Waals surface area (Å²) in [6.45, 7) is 6.91. The van der Waals surface area contributed by atoms with E-state index >= 15 is 0 Å². The molecular formula is C24H27F3N2O2. The van der Waals surface area contributed by atoms with Crippen molar-refractivity contribution in [3.8, 4) is 0 Å². The molecule has 1 aliphatic heterocycles. The number of hydrogen-bond donors (Lipinski definition) is 1.